The molecule has 5 heteroatoms. The van der Waals surface area contributed by atoms with Crippen LogP contribution < -0.4 is 4.74 Å². The van der Waals surface area contributed by atoms with E-state index in [1.807, 2.05) is 24.3 Å². The van der Waals surface area contributed by atoms with Crippen LogP contribution in [0.3, 0.4) is 0 Å². The Bertz CT molecular complexity index is 492. The maximum absolute atomic E-state index is 12.0. The predicted octanol–water partition coefficient (Wildman–Crippen LogP) is 2.98. The van der Waals surface area contributed by atoms with Crippen LogP contribution in [0.2, 0.25) is 0 Å². The highest BCUT2D eigenvalue weighted by Gasteiger charge is 2.19. The number of allylic oxidation sites excluding steroid dienone is 1. The number of aliphatic carboxylic acids is 1. The Hall–Kier alpha value is -2.14. The zero-order valence-electron chi connectivity index (χ0n) is 12.8. The van der Waals surface area contributed by atoms with Gasteiger partial charge in [-0.05, 0) is 30.5 Å². The minimum absolute atomic E-state index is 0.0141. The number of ketones is 1. The van der Waals surface area contributed by atoms with Crippen molar-refractivity contribution < 1.29 is 24.2 Å². The number of hydrogen-bond acceptors (Lipinski definition) is 4. The van der Waals surface area contributed by atoms with Crippen molar-refractivity contribution >= 4 is 11.8 Å². The van der Waals surface area contributed by atoms with Crippen LogP contribution in [0, 0.1) is 0 Å². The minimum atomic E-state index is -0.981. The van der Waals surface area contributed by atoms with Crippen LogP contribution in [0.15, 0.2) is 36.9 Å². The fraction of sp³-hybridized carbons (Fsp3) is 0.412. The number of ether oxygens (including phenoxy) is 2. The molecule has 1 N–H and O–H groups in total. The summed E-state index contributed by atoms with van der Waals surface area (Å²) in [5, 5.41) is 8.66. The van der Waals surface area contributed by atoms with Gasteiger partial charge in [-0.25, -0.2) is 0 Å². The summed E-state index contributed by atoms with van der Waals surface area (Å²) in [6, 6.07) is 7.38. The molecule has 0 aliphatic carbocycles. The van der Waals surface area contributed by atoms with Gasteiger partial charge >= 0.3 is 5.97 Å². The third kappa shape index (κ3) is 6.54. The summed E-state index contributed by atoms with van der Waals surface area (Å²) < 4.78 is 10.7. The number of methoxy groups -OCH3 is 1. The van der Waals surface area contributed by atoms with E-state index in [4.69, 9.17) is 14.6 Å². The number of carboxylic acid groups (broad SMARTS) is 1. The topological polar surface area (TPSA) is 72.8 Å². The molecule has 0 unspecified atom stereocenters. The first-order chi connectivity index (χ1) is 10.6. The van der Waals surface area contributed by atoms with Crippen molar-refractivity contribution in [1.29, 1.82) is 0 Å². The lowest BCUT2D eigenvalue weighted by Crippen LogP contribution is -2.24. The summed E-state index contributed by atoms with van der Waals surface area (Å²) in [6.07, 6.45) is 2.09. The molecule has 1 atom stereocenters. The normalized spacial score (nSPS) is 11.7. The third-order valence-corrected chi connectivity index (χ3v) is 3.19. The fourth-order valence-corrected chi connectivity index (χ4v) is 1.92. The number of hydrogen-bond donors (Lipinski definition) is 1. The lowest BCUT2D eigenvalue weighted by molar-refractivity contribution is -0.140. The van der Waals surface area contributed by atoms with Crippen LogP contribution in [0.1, 0.15) is 31.2 Å². The molecule has 0 fully saturated rings. The fourth-order valence-electron chi connectivity index (χ4n) is 1.92. The van der Waals surface area contributed by atoms with Crippen LogP contribution in [-0.4, -0.2) is 30.1 Å². The standard InChI is InChI=1S/C17H22O5/c1-3-4-5-16(15(18)10-11-17(19)20)22-12-13-6-8-14(21-2)9-7-13/h3,6-9,16H,1,4-5,10-12H2,2H3,(H,19,20)/t16-/m0/s1. The largest absolute Gasteiger partial charge is 0.497 e. The Labute approximate surface area is 130 Å². The summed E-state index contributed by atoms with van der Waals surface area (Å²) in [5.74, 6) is -0.409. The van der Waals surface area contributed by atoms with Gasteiger partial charge in [0.05, 0.1) is 20.1 Å². The van der Waals surface area contributed by atoms with Gasteiger partial charge in [-0.3, -0.25) is 9.59 Å². The molecular weight excluding hydrogens is 284 g/mol. The molecule has 0 spiro atoms. The highest BCUT2D eigenvalue weighted by Crippen LogP contribution is 2.15. The van der Waals surface area contributed by atoms with Gasteiger partial charge in [-0.1, -0.05) is 18.2 Å². The van der Waals surface area contributed by atoms with Gasteiger partial charge < -0.3 is 14.6 Å². The molecule has 0 bridgehead atoms. The van der Waals surface area contributed by atoms with Crippen molar-refractivity contribution in [2.24, 2.45) is 0 Å². The van der Waals surface area contributed by atoms with E-state index >= 15 is 0 Å². The molecule has 1 aromatic carbocycles. The molecule has 5 nitrogen and oxygen atoms in total. The minimum Gasteiger partial charge on any atom is -0.497 e. The Morgan fingerprint density at radius 1 is 1.27 bits per heavy atom. The number of carbonyl (C=O) groups is 2. The van der Waals surface area contributed by atoms with Crippen LogP contribution in [0.5, 0.6) is 5.75 Å². The highest BCUT2D eigenvalue weighted by molar-refractivity contribution is 5.86. The molecule has 0 saturated carbocycles. The zero-order chi connectivity index (χ0) is 16.4. The van der Waals surface area contributed by atoms with E-state index in [2.05, 4.69) is 6.58 Å². The SMILES string of the molecule is C=CCC[C@H](OCc1ccc(OC)cc1)C(=O)CCC(=O)O. The third-order valence-electron chi connectivity index (χ3n) is 3.19. The van der Waals surface area contributed by atoms with E-state index in [1.165, 1.54) is 0 Å². The second kappa shape index (κ2) is 9.73. The first-order valence-corrected chi connectivity index (χ1v) is 7.16. The quantitative estimate of drug-likeness (QED) is 0.636. The lowest BCUT2D eigenvalue weighted by Gasteiger charge is -2.16. The molecule has 0 saturated heterocycles. The summed E-state index contributed by atoms with van der Waals surface area (Å²) in [5.41, 5.74) is 0.926. The Morgan fingerprint density at radius 2 is 1.95 bits per heavy atom. The maximum Gasteiger partial charge on any atom is 0.303 e. The van der Waals surface area contributed by atoms with Crippen LogP contribution in [0.25, 0.3) is 0 Å². The Morgan fingerprint density at radius 3 is 2.50 bits per heavy atom. The molecule has 0 heterocycles. The average Bonchev–Trinajstić information content (AvgIpc) is 2.53. The summed E-state index contributed by atoms with van der Waals surface area (Å²) in [7, 11) is 1.60. The van der Waals surface area contributed by atoms with E-state index < -0.39 is 12.1 Å². The smallest absolute Gasteiger partial charge is 0.303 e. The number of carboxylic acids is 1. The molecule has 0 aromatic heterocycles. The number of benzene rings is 1. The second-order valence-electron chi connectivity index (χ2n) is 4.87. The molecule has 0 radical (unpaired) electrons. The number of carbonyl (C=O) groups excluding carboxylic acids is 1. The van der Waals surface area contributed by atoms with Crippen molar-refractivity contribution in [3.63, 3.8) is 0 Å². The Balaban J connectivity index is 2.57. The molecule has 0 aliphatic heterocycles. The number of rotatable bonds is 11. The van der Waals surface area contributed by atoms with Gasteiger partial charge in [-0.15, -0.1) is 6.58 Å². The van der Waals surface area contributed by atoms with Crippen LogP contribution >= 0.6 is 0 Å². The van der Waals surface area contributed by atoms with Gasteiger partial charge in [0.2, 0.25) is 0 Å². The van der Waals surface area contributed by atoms with Crippen LogP contribution in [-0.2, 0) is 20.9 Å². The molecular formula is C17H22O5. The van der Waals surface area contributed by atoms with Crippen molar-refractivity contribution in [1.82, 2.24) is 0 Å². The first kappa shape index (κ1) is 17.9. The van der Waals surface area contributed by atoms with E-state index in [1.54, 1.807) is 13.2 Å². The predicted molar refractivity (Wildman–Crippen MR) is 82.9 cm³/mol. The van der Waals surface area contributed by atoms with Gasteiger partial charge in [0.15, 0.2) is 5.78 Å². The second-order valence-corrected chi connectivity index (χ2v) is 4.87. The van der Waals surface area contributed by atoms with E-state index in [9.17, 15) is 9.59 Å². The molecule has 1 aromatic rings. The lowest BCUT2D eigenvalue weighted by atomic mass is 10.1. The zero-order valence-corrected chi connectivity index (χ0v) is 12.8. The van der Waals surface area contributed by atoms with Gasteiger partial charge in [0.25, 0.3) is 0 Å². The Kier molecular flexibility index (Phi) is 7.92. The summed E-state index contributed by atoms with van der Waals surface area (Å²) in [6.45, 7) is 3.92. The maximum atomic E-state index is 12.0. The number of Topliss-reactive ketones (excluding diaryl/α,β-unsaturated/α-hetero) is 1. The summed E-state index contributed by atoms with van der Waals surface area (Å²) in [4.78, 5) is 22.6. The van der Waals surface area contributed by atoms with Crippen molar-refractivity contribution in [3.8, 4) is 5.75 Å². The van der Waals surface area contributed by atoms with Crippen molar-refractivity contribution in [2.75, 3.05) is 7.11 Å². The molecule has 0 aliphatic rings. The van der Waals surface area contributed by atoms with Crippen molar-refractivity contribution in [2.45, 2.75) is 38.4 Å². The van der Waals surface area contributed by atoms with E-state index in [-0.39, 0.29) is 18.6 Å². The average molecular weight is 306 g/mol. The van der Waals surface area contributed by atoms with Gasteiger partial charge in [0, 0.05) is 6.42 Å². The van der Waals surface area contributed by atoms with E-state index in [0.717, 1.165) is 11.3 Å². The van der Waals surface area contributed by atoms with E-state index in [0.29, 0.717) is 19.4 Å². The van der Waals surface area contributed by atoms with Crippen LogP contribution in [0.4, 0.5) is 0 Å². The molecule has 22 heavy (non-hydrogen) atoms. The van der Waals surface area contributed by atoms with Gasteiger partial charge in [-0.2, -0.15) is 0 Å². The van der Waals surface area contributed by atoms with Crippen molar-refractivity contribution in [3.05, 3.63) is 42.5 Å². The highest BCUT2D eigenvalue weighted by atomic mass is 16.5. The molecule has 120 valence electrons. The summed E-state index contributed by atoms with van der Waals surface area (Å²) >= 11 is 0. The monoisotopic (exact) mass is 306 g/mol. The first-order valence-electron chi connectivity index (χ1n) is 7.16. The molecule has 0 amide bonds. The van der Waals surface area contributed by atoms with Gasteiger partial charge in [0.1, 0.15) is 11.9 Å². The molecule has 1 rings (SSSR count).